The predicted octanol–water partition coefficient (Wildman–Crippen LogP) is 4.51. The van der Waals surface area contributed by atoms with Crippen molar-refractivity contribution in [1.82, 2.24) is 4.98 Å². The number of H-pyrrole nitrogens is 1. The van der Waals surface area contributed by atoms with E-state index in [1.165, 1.54) is 6.07 Å². The molecule has 0 saturated heterocycles. The molecule has 1 aromatic heterocycles. The maximum Gasteiger partial charge on any atom is 0.340 e. The first-order chi connectivity index (χ1) is 11.1. The van der Waals surface area contributed by atoms with Crippen molar-refractivity contribution in [3.8, 4) is 0 Å². The summed E-state index contributed by atoms with van der Waals surface area (Å²) >= 11 is 11.8. The van der Waals surface area contributed by atoms with Crippen LogP contribution in [0.15, 0.2) is 48.7 Å². The number of hydrogen-bond donors (Lipinski definition) is 1. The maximum absolute atomic E-state index is 12.3. The molecule has 1 N–H and O–H groups in total. The summed E-state index contributed by atoms with van der Waals surface area (Å²) in [5.41, 5.74) is 1.46. The van der Waals surface area contributed by atoms with Crippen LogP contribution in [-0.2, 0) is 4.74 Å². The lowest BCUT2D eigenvalue weighted by Crippen LogP contribution is -2.14. The van der Waals surface area contributed by atoms with Gasteiger partial charge in [0.05, 0.1) is 15.6 Å². The van der Waals surface area contributed by atoms with Crippen LogP contribution in [-0.4, -0.2) is 23.3 Å². The average Bonchev–Trinajstić information content (AvgIpc) is 2.99. The maximum atomic E-state index is 12.3. The van der Waals surface area contributed by atoms with Crippen LogP contribution in [0.4, 0.5) is 0 Å². The molecule has 0 fully saturated rings. The molecule has 0 amide bonds. The molecule has 0 aliphatic rings. The van der Waals surface area contributed by atoms with E-state index in [-0.39, 0.29) is 28.0 Å². The number of Topliss-reactive ketones (excluding diaryl/α,β-unsaturated/α-hetero) is 1. The monoisotopic (exact) mass is 347 g/mol. The molecule has 0 radical (unpaired) electrons. The number of aromatic amines is 1. The zero-order valence-corrected chi connectivity index (χ0v) is 13.3. The second-order valence-corrected chi connectivity index (χ2v) is 5.63. The van der Waals surface area contributed by atoms with Crippen LogP contribution in [0.5, 0.6) is 0 Å². The first-order valence-electron chi connectivity index (χ1n) is 6.78. The van der Waals surface area contributed by atoms with Crippen LogP contribution in [0.1, 0.15) is 20.7 Å². The highest BCUT2D eigenvalue weighted by Crippen LogP contribution is 2.26. The Morgan fingerprint density at radius 2 is 1.78 bits per heavy atom. The third kappa shape index (κ3) is 3.09. The van der Waals surface area contributed by atoms with Gasteiger partial charge in [0.2, 0.25) is 5.78 Å². The molecule has 2 aromatic carbocycles. The van der Waals surface area contributed by atoms with Gasteiger partial charge in [-0.05, 0) is 18.2 Å². The van der Waals surface area contributed by atoms with Crippen LogP contribution in [0.2, 0.25) is 10.0 Å². The highest BCUT2D eigenvalue weighted by Gasteiger charge is 2.17. The Kier molecular flexibility index (Phi) is 4.37. The molecule has 0 unspecified atom stereocenters. The van der Waals surface area contributed by atoms with Gasteiger partial charge in [-0.2, -0.15) is 0 Å². The normalized spacial score (nSPS) is 10.7. The Balaban J connectivity index is 1.74. The molecule has 116 valence electrons. The molecule has 6 heteroatoms. The second-order valence-electron chi connectivity index (χ2n) is 4.85. The van der Waals surface area contributed by atoms with Gasteiger partial charge in [0.15, 0.2) is 6.61 Å². The van der Waals surface area contributed by atoms with Crippen molar-refractivity contribution in [2.45, 2.75) is 0 Å². The summed E-state index contributed by atoms with van der Waals surface area (Å²) < 4.78 is 5.05. The zero-order chi connectivity index (χ0) is 16.4. The first kappa shape index (κ1) is 15.6. The molecule has 0 bridgehead atoms. The fourth-order valence-electron chi connectivity index (χ4n) is 2.25. The van der Waals surface area contributed by atoms with Crippen molar-refractivity contribution >= 4 is 45.9 Å². The van der Waals surface area contributed by atoms with Crippen molar-refractivity contribution < 1.29 is 14.3 Å². The van der Waals surface area contributed by atoms with Crippen molar-refractivity contribution in [2.24, 2.45) is 0 Å². The smallest absolute Gasteiger partial charge is 0.340 e. The molecule has 1 heterocycles. The number of rotatable bonds is 4. The van der Waals surface area contributed by atoms with Crippen LogP contribution >= 0.6 is 23.2 Å². The van der Waals surface area contributed by atoms with Crippen molar-refractivity contribution in [1.29, 1.82) is 0 Å². The minimum atomic E-state index is -0.689. The number of nitrogens with one attached hydrogen (secondary N) is 1. The van der Waals surface area contributed by atoms with E-state index in [0.717, 1.165) is 10.9 Å². The van der Waals surface area contributed by atoms with E-state index in [4.69, 9.17) is 27.9 Å². The molecular formula is C17H11Cl2NO3. The number of carbonyl (C=O) groups is 2. The molecule has 0 saturated carbocycles. The number of fused-ring (bicyclic) bond motifs is 1. The lowest BCUT2D eigenvalue weighted by molar-refractivity contribution is 0.0475. The topological polar surface area (TPSA) is 59.2 Å². The molecule has 3 rings (SSSR count). The third-order valence-electron chi connectivity index (χ3n) is 3.40. The van der Waals surface area contributed by atoms with Crippen molar-refractivity contribution in [2.75, 3.05) is 6.61 Å². The summed E-state index contributed by atoms with van der Waals surface area (Å²) in [6, 6.07) is 12.0. The average molecular weight is 348 g/mol. The number of ketones is 1. The largest absolute Gasteiger partial charge is 0.454 e. The Bertz CT molecular complexity index is 902. The molecule has 0 spiro atoms. The fraction of sp³-hybridized carbons (Fsp3) is 0.0588. The van der Waals surface area contributed by atoms with E-state index in [2.05, 4.69) is 4.98 Å². The van der Waals surface area contributed by atoms with Gasteiger partial charge in [0.1, 0.15) is 0 Å². The molecule has 23 heavy (non-hydrogen) atoms. The van der Waals surface area contributed by atoms with Crippen LogP contribution < -0.4 is 0 Å². The Morgan fingerprint density at radius 3 is 2.61 bits per heavy atom. The van der Waals surface area contributed by atoms with E-state index < -0.39 is 5.97 Å². The van der Waals surface area contributed by atoms with Gasteiger partial charge in [-0.3, -0.25) is 4.79 Å². The summed E-state index contributed by atoms with van der Waals surface area (Å²) in [4.78, 5) is 27.3. The zero-order valence-electron chi connectivity index (χ0n) is 11.8. The van der Waals surface area contributed by atoms with E-state index in [9.17, 15) is 9.59 Å². The highest BCUT2D eigenvalue weighted by atomic mass is 35.5. The Morgan fingerprint density at radius 1 is 1.00 bits per heavy atom. The second kappa shape index (κ2) is 6.44. The summed E-state index contributed by atoms with van der Waals surface area (Å²) in [6.45, 7) is -0.372. The van der Waals surface area contributed by atoms with E-state index in [0.29, 0.717) is 5.56 Å². The van der Waals surface area contributed by atoms with Gasteiger partial charge in [0.25, 0.3) is 0 Å². The standard InChI is InChI=1S/C17H11Cl2NO3/c18-13-6-3-5-11(16(13)19)17(22)23-9-15(21)12-8-20-14-7-2-1-4-10(12)14/h1-8,20H,9H2. The van der Waals surface area contributed by atoms with Gasteiger partial charge in [-0.1, -0.05) is 47.5 Å². The lowest BCUT2D eigenvalue weighted by atomic mass is 10.1. The summed E-state index contributed by atoms with van der Waals surface area (Å²) in [5.74, 6) is -0.986. The molecule has 3 aromatic rings. The molecule has 0 aliphatic carbocycles. The van der Waals surface area contributed by atoms with Crippen molar-refractivity contribution in [3.63, 3.8) is 0 Å². The number of hydrogen-bond acceptors (Lipinski definition) is 3. The minimum absolute atomic E-state index is 0.110. The van der Waals surface area contributed by atoms with Crippen LogP contribution in [0.3, 0.4) is 0 Å². The summed E-state index contributed by atoms with van der Waals surface area (Å²) in [6.07, 6.45) is 1.60. The van der Waals surface area contributed by atoms with E-state index >= 15 is 0 Å². The fourth-order valence-corrected chi connectivity index (χ4v) is 2.63. The number of aromatic nitrogens is 1. The third-order valence-corrected chi connectivity index (χ3v) is 4.21. The molecule has 0 aliphatic heterocycles. The quantitative estimate of drug-likeness (QED) is 0.557. The SMILES string of the molecule is O=C(OCC(=O)c1c[nH]c2ccccc12)c1cccc(Cl)c1Cl. The number of benzene rings is 2. The number of carbonyl (C=O) groups excluding carboxylic acids is 2. The van der Waals surface area contributed by atoms with Crippen LogP contribution in [0, 0.1) is 0 Å². The Labute approximate surface area is 142 Å². The van der Waals surface area contributed by atoms with Gasteiger partial charge in [0, 0.05) is 22.7 Å². The number of para-hydroxylation sites is 1. The molecular weight excluding hydrogens is 337 g/mol. The summed E-state index contributed by atoms with van der Waals surface area (Å²) in [7, 11) is 0. The Hall–Kier alpha value is -2.30. The predicted molar refractivity (Wildman–Crippen MR) is 89.4 cm³/mol. The lowest BCUT2D eigenvalue weighted by Gasteiger charge is -2.06. The van der Waals surface area contributed by atoms with Gasteiger partial charge < -0.3 is 9.72 Å². The highest BCUT2D eigenvalue weighted by molar-refractivity contribution is 6.43. The van der Waals surface area contributed by atoms with Crippen LogP contribution in [0.25, 0.3) is 10.9 Å². The van der Waals surface area contributed by atoms with Gasteiger partial charge >= 0.3 is 5.97 Å². The van der Waals surface area contributed by atoms with E-state index in [1.54, 1.807) is 18.3 Å². The van der Waals surface area contributed by atoms with E-state index in [1.807, 2.05) is 24.3 Å². The minimum Gasteiger partial charge on any atom is -0.454 e. The number of halogens is 2. The van der Waals surface area contributed by atoms with Gasteiger partial charge in [-0.15, -0.1) is 0 Å². The molecule has 0 atom stereocenters. The number of ether oxygens (including phenoxy) is 1. The van der Waals surface area contributed by atoms with Gasteiger partial charge in [-0.25, -0.2) is 4.79 Å². The summed E-state index contributed by atoms with van der Waals surface area (Å²) in [5, 5.41) is 1.15. The first-order valence-corrected chi connectivity index (χ1v) is 7.54. The number of esters is 1. The molecule has 4 nitrogen and oxygen atoms in total. The van der Waals surface area contributed by atoms with Crippen molar-refractivity contribution in [3.05, 3.63) is 69.8 Å².